The molecule has 0 saturated heterocycles. The van der Waals surface area contributed by atoms with Gasteiger partial charge >= 0.3 is 5.97 Å². The van der Waals surface area contributed by atoms with Crippen molar-refractivity contribution in [3.63, 3.8) is 0 Å². The van der Waals surface area contributed by atoms with Crippen LogP contribution in [-0.4, -0.2) is 46.5 Å². The van der Waals surface area contributed by atoms with Crippen LogP contribution in [0.15, 0.2) is 12.7 Å². The molecule has 0 spiro atoms. The quantitative estimate of drug-likeness (QED) is 0.458. The third-order valence-corrected chi connectivity index (χ3v) is 3.42. The predicted octanol–water partition coefficient (Wildman–Crippen LogP) is 1.23. The van der Waals surface area contributed by atoms with E-state index in [4.69, 9.17) is 5.11 Å². The number of carbonyl (C=O) groups is 2. The summed E-state index contributed by atoms with van der Waals surface area (Å²) in [4.78, 5) is 21.4. The lowest BCUT2D eigenvalue weighted by Gasteiger charge is -2.03. The highest BCUT2D eigenvalue weighted by Crippen LogP contribution is 2.01. The highest BCUT2D eigenvalue weighted by molar-refractivity contribution is 8.00. The number of hydrogen-bond donors (Lipinski definition) is 2. The van der Waals surface area contributed by atoms with Gasteiger partial charge < -0.3 is 10.4 Å². The van der Waals surface area contributed by atoms with Crippen LogP contribution in [0.3, 0.4) is 0 Å². The van der Waals surface area contributed by atoms with E-state index in [-0.39, 0.29) is 12.3 Å². The number of nitrogens with one attached hydrogen (secondary N) is 1. The lowest BCUT2D eigenvalue weighted by molar-refractivity contribution is -0.136. The third-order valence-electron chi connectivity index (χ3n) is 1.50. The second-order valence-corrected chi connectivity index (χ2v) is 5.16. The lowest BCUT2D eigenvalue weighted by Crippen LogP contribution is -2.27. The monoisotopic (exact) mass is 263 g/mol. The Balaban J connectivity index is 3.21. The number of amides is 1. The van der Waals surface area contributed by atoms with Gasteiger partial charge in [0.2, 0.25) is 5.91 Å². The van der Waals surface area contributed by atoms with E-state index in [0.717, 1.165) is 11.5 Å². The zero-order valence-electron chi connectivity index (χ0n) is 9.11. The summed E-state index contributed by atoms with van der Waals surface area (Å²) in [6, 6.07) is 0. The molecule has 0 atom stereocenters. The molecule has 4 nitrogen and oxygen atoms in total. The van der Waals surface area contributed by atoms with Crippen molar-refractivity contribution in [2.24, 2.45) is 0 Å². The van der Waals surface area contributed by atoms with Crippen LogP contribution >= 0.6 is 23.5 Å². The molecule has 0 aromatic carbocycles. The Morgan fingerprint density at radius 3 is 2.69 bits per heavy atom. The first kappa shape index (κ1) is 15.4. The first-order chi connectivity index (χ1) is 7.66. The van der Waals surface area contributed by atoms with Gasteiger partial charge in [-0.1, -0.05) is 6.08 Å². The molecule has 0 unspecified atom stereocenters. The summed E-state index contributed by atoms with van der Waals surface area (Å²) in [5.74, 6) is 1.82. The summed E-state index contributed by atoms with van der Waals surface area (Å²) in [6.07, 6.45) is 1.94. The maximum absolute atomic E-state index is 11.2. The van der Waals surface area contributed by atoms with Crippen molar-refractivity contribution in [1.29, 1.82) is 0 Å². The second-order valence-electron chi connectivity index (χ2n) is 2.91. The molecule has 2 N–H and O–H groups in total. The number of carboxylic acids is 1. The van der Waals surface area contributed by atoms with Crippen molar-refractivity contribution in [3.05, 3.63) is 12.7 Å². The first-order valence-corrected chi connectivity index (χ1v) is 7.22. The largest absolute Gasteiger partial charge is 0.481 e. The average molecular weight is 263 g/mol. The van der Waals surface area contributed by atoms with Gasteiger partial charge in [0.15, 0.2) is 0 Å². The zero-order chi connectivity index (χ0) is 12.2. The number of carbonyl (C=O) groups excluding carboxylic acids is 1. The van der Waals surface area contributed by atoms with Crippen LogP contribution in [0.25, 0.3) is 0 Å². The van der Waals surface area contributed by atoms with E-state index in [0.29, 0.717) is 18.1 Å². The molecule has 6 heteroatoms. The van der Waals surface area contributed by atoms with E-state index < -0.39 is 5.97 Å². The molecule has 0 aliphatic heterocycles. The highest BCUT2D eigenvalue weighted by atomic mass is 32.2. The smallest absolute Gasteiger partial charge is 0.304 e. The van der Waals surface area contributed by atoms with Crippen molar-refractivity contribution in [3.8, 4) is 0 Å². The SMILES string of the molecule is C=CCSCC(=O)NCCSCCC(=O)O. The van der Waals surface area contributed by atoms with Gasteiger partial charge in [-0.25, -0.2) is 0 Å². The first-order valence-electron chi connectivity index (χ1n) is 4.91. The Morgan fingerprint density at radius 2 is 2.06 bits per heavy atom. The fourth-order valence-electron chi connectivity index (χ4n) is 0.810. The molecule has 0 aliphatic rings. The van der Waals surface area contributed by atoms with Crippen molar-refractivity contribution in [1.82, 2.24) is 5.32 Å². The van der Waals surface area contributed by atoms with Crippen LogP contribution in [-0.2, 0) is 9.59 Å². The number of hydrogen-bond acceptors (Lipinski definition) is 4. The van der Waals surface area contributed by atoms with Gasteiger partial charge in [-0.3, -0.25) is 9.59 Å². The van der Waals surface area contributed by atoms with Crippen LogP contribution in [0.4, 0.5) is 0 Å². The standard InChI is InChI=1S/C10H17NO3S2/c1-2-5-16-8-9(12)11-4-7-15-6-3-10(13)14/h2H,1,3-8H2,(H,11,12)(H,13,14). The summed E-state index contributed by atoms with van der Waals surface area (Å²) in [6.45, 7) is 4.16. The van der Waals surface area contributed by atoms with E-state index in [1.165, 1.54) is 23.5 Å². The molecule has 0 fully saturated rings. The van der Waals surface area contributed by atoms with Crippen LogP contribution < -0.4 is 5.32 Å². The van der Waals surface area contributed by atoms with Crippen LogP contribution in [0.5, 0.6) is 0 Å². The van der Waals surface area contributed by atoms with E-state index in [2.05, 4.69) is 11.9 Å². The third kappa shape index (κ3) is 11.5. The molecule has 0 rings (SSSR count). The normalized spacial score (nSPS) is 9.75. The van der Waals surface area contributed by atoms with E-state index in [1.807, 2.05) is 0 Å². The van der Waals surface area contributed by atoms with Gasteiger partial charge in [0, 0.05) is 23.8 Å². The molecule has 0 saturated carbocycles. The Kier molecular flexibility index (Phi) is 10.5. The van der Waals surface area contributed by atoms with E-state index >= 15 is 0 Å². The van der Waals surface area contributed by atoms with Gasteiger partial charge in [-0.05, 0) is 0 Å². The van der Waals surface area contributed by atoms with Crippen LogP contribution in [0.1, 0.15) is 6.42 Å². The lowest BCUT2D eigenvalue weighted by atomic mass is 10.5. The predicted molar refractivity (Wildman–Crippen MR) is 70.1 cm³/mol. The summed E-state index contributed by atoms with van der Waals surface area (Å²) < 4.78 is 0. The molecule has 0 aromatic rings. The fourth-order valence-corrected chi connectivity index (χ4v) is 2.15. The van der Waals surface area contributed by atoms with Crippen molar-refractivity contribution >= 4 is 35.4 Å². The minimum absolute atomic E-state index is 0.0192. The number of carboxylic acid groups (broad SMARTS) is 1. The molecule has 0 bridgehead atoms. The maximum Gasteiger partial charge on any atom is 0.304 e. The fraction of sp³-hybridized carbons (Fsp3) is 0.600. The van der Waals surface area contributed by atoms with Gasteiger partial charge in [0.25, 0.3) is 0 Å². The summed E-state index contributed by atoms with van der Waals surface area (Å²) in [5.41, 5.74) is 0. The number of aliphatic carboxylic acids is 1. The Hall–Kier alpha value is -0.620. The molecular weight excluding hydrogens is 246 g/mol. The van der Waals surface area contributed by atoms with Gasteiger partial charge in [0.1, 0.15) is 0 Å². The minimum atomic E-state index is -0.780. The van der Waals surface area contributed by atoms with Crippen LogP contribution in [0.2, 0.25) is 0 Å². The molecule has 0 aliphatic carbocycles. The van der Waals surface area contributed by atoms with Gasteiger partial charge in [-0.15, -0.1) is 18.3 Å². The Morgan fingerprint density at radius 1 is 1.31 bits per heavy atom. The Bertz CT molecular complexity index is 234. The zero-order valence-corrected chi connectivity index (χ0v) is 10.7. The average Bonchev–Trinajstić information content (AvgIpc) is 2.23. The molecule has 0 aromatic heterocycles. The molecule has 1 amide bonds. The molecule has 0 radical (unpaired) electrons. The minimum Gasteiger partial charge on any atom is -0.481 e. The maximum atomic E-state index is 11.2. The Labute approximate surface area is 104 Å². The molecule has 0 heterocycles. The van der Waals surface area contributed by atoms with Crippen molar-refractivity contribution in [2.75, 3.05) is 29.6 Å². The summed E-state index contributed by atoms with van der Waals surface area (Å²) >= 11 is 3.05. The van der Waals surface area contributed by atoms with E-state index in [1.54, 1.807) is 6.08 Å². The molecule has 16 heavy (non-hydrogen) atoms. The summed E-state index contributed by atoms with van der Waals surface area (Å²) in [7, 11) is 0. The summed E-state index contributed by atoms with van der Waals surface area (Å²) in [5, 5.41) is 11.2. The number of rotatable bonds is 10. The molecule has 92 valence electrons. The second kappa shape index (κ2) is 10.9. The number of thioether (sulfide) groups is 2. The van der Waals surface area contributed by atoms with Crippen molar-refractivity contribution < 1.29 is 14.7 Å². The molecular formula is C10H17NO3S2. The van der Waals surface area contributed by atoms with Crippen molar-refractivity contribution in [2.45, 2.75) is 6.42 Å². The van der Waals surface area contributed by atoms with Gasteiger partial charge in [0.05, 0.1) is 12.2 Å². The van der Waals surface area contributed by atoms with Gasteiger partial charge in [-0.2, -0.15) is 11.8 Å². The van der Waals surface area contributed by atoms with E-state index in [9.17, 15) is 9.59 Å². The highest BCUT2D eigenvalue weighted by Gasteiger charge is 2.00. The topological polar surface area (TPSA) is 66.4 Å². The van der Waals surface area contributed by atoms with Crippen LogP contribution in [0, 0.1) is 0 Å².